The predicted molar refractivity (Wildman–Crippen MR) is 72.8 cm³/mol. The first-order valence-corrected chi connectivity index (χ1v) is 6.03. The summed E-state index contributed by atoms with van der Waals surface area (Å²) in [5, 5.41) is 0. The minimum absolute atomic E-state index is 0.0983. The van der Waals surface area contributed by atoms with Gasteiger partial charge < -0.3 is 10.5 Å². The van der Waals surface area contributed by atoms with Crippen LogP contribution in [0.15, 0.2) is 36.5 Å². The monoisotopic (exact) mass is 242 g/mol. The molecule has 0 unspecified atom stereocenters. The zero-order valence-electron chi connectivity index (χ0n) is 11.0. The van der Waals surface area contributed by atoms with Gasteiger partial charge in [0, 0.05) is 17.8 Å². The van der Waals surface area contributed by atoms with Gasteiger partial charge in [-0.05, 0) is 44.0 Å². The minimum atomic E-state index is -0.0983. The van der Waals surface area contributed by atoms with Crippen molar-refractivity contribution in [1.29, 1.82) is 0 Å². The topological polar surface area (TPSA) is 48.1 Å². The summed E-state index contributed by atoms with van der Waals surface area (Å²) in [7, 11) is 0. The van der Waals surface area contributed by atoms with E-state index in [2.05, 4.69) is 11.1 Å². The molecule has 0 aliphatic rings. The summed E-state index contributed by atoms with van der Waals surface area (Å²) in [6, 6.07) is 9.83. The number of ether oxygens (including phenoxy) is 1. The van der Waals surface area contributed by atoms with Gasteiger partial charge in [-0.1, -0.05) is 18.2 Å². The van der Waals surface area contributed by atoms with Crippen LogP contribution in [0.5, 0.6) is 11.6 Å². The van der Waals surface area contributed by atoms with E-state index in [4.69, 9.17) is 10.5 Å². The van der Waals surface area contributed by atoms with Crippen LogP contribution in [0, 0.1) is 13.8 Å². The average molecular weight is 242 g/mol. The fourth-order valence-corrected chi connectivity index (χ4v) is 1.76. The van der Waals surface area contributed by atoms with Crippen molar-refractivity contribution in [2.45, 2.75) is 26.8 Å². The highest BCUT2D eigenvalue weighted by molar-refractivity contribution is 5.40. The lowest BCUT2D eigenvalue weighted by Gasteiger charge is -2.13. The van der Waals surface area contributed by atoms with Gasteiger partial charge in [0.05, 0.1) is 0 Å². The van der Waals surface area contributed by atoms with Gasteiger partial charge in [-0.2, -0.15) is 0 Å². The molecule has 0 saturated heterocycles. The molecule has 2 rings (SSSR count). The Bertz CT molecular complexity index is 550. The third-order valence-electron chi connectivity index (χ3n) is 2.84. The molecule has 0 bridgehead atoms. The smallest absolute Gasteiger partial charge is 0.223 e. The van der Waals surface area contributed by atoms with Crippen molar-refractivity contribution in [3.63, 3.8) is 0 Å². The molecule has 94 valence electrons. The van der Waals surface area contributed by atoms with Crippen LogP contribution in [-0.2, 0) is 0 Å². The van der Waals surface area contributed by atoms with Gasteiger partial charge in [-0.15, -0.1) is 0 Å². The second-order valence-electron chi connectivity index (χ2n) is 4.56. The van der Waals surface area contributed by atoms with E-state index in [0.29, 0.717) is 5.88 Å². The molecule has 2 N–H and O–H groups in total. The van der Waals surface area contributed by atoms with Gasteiger partial charge in [-0.25, -0.2) is 4.98 Å². The van der Waals surface area contributed by atoms with E-state index < -0.39 is 0 Å². The van der Waals surface area contributed by atoms with Crippen LogP contribution in [0.2, 0.25) is 0 Å². The summed E-state index contributed by atoms with van der Waals surface area (Å²) in [5.74, 6) is 1.41. The Kier molecular flexibility index (Phi) is 3.63. The Morgan fingerprint density at radius 1 is 1.22 bits per heavy atom. The molecule has 0 fully saturated rings. The number of hydrogen-bond acceptors (Lipinski definition) is 3. The van der Waals surface area contributed by atoms with Crippen molar-refractivity contribution < 1.29 is 4.74 Å². The van der Waals surface area contributed by atoms with Crippen molar-refractivity contribution >= 4 is 0 Å². The molecule has 0 spiro atoms. The molecule has 0 aliphatic carbocycles. The minimum Gasteiger partial charge on any atom is -0.438 e. The number of nitrogens with two attached hydrogens (primary N) is 1. The van der Waals surface area contributed by atoms with Crippen molar-refractivity contribution in [3.8, 4) is 11.6 Å². The molecule has 0 amide bonds. The van der Waals surface area contributed by atoms with Crippen molar-refractivity contribution in [2.24, 2.45) is 5.73 Å². The maximum absolute atomic E-state index is 5.92. The summed E-state index contributed by atoms with van der Waals surface area (Å²) < 4.78 is 5.89. The number of aromatic nitrogens is 1. The number of pyridine rings is 1. The third-order valence-corrected chi connectivity index (χ3v) is 2.84. The summed E-state index contributed by atoms with van der Waals surface area (Å²) in [6.07, 6.45) is 1.71. The molecule has 0 radical (unpaired) electrons. The van der Waals surface area contributed by atoms with E-state index in [9.17, 15) is 0 Å². The fourth-order valence-electron chi connectivity index (χ4n) is 1.76. The number of rotatable bonds is 3. The fraction of sp³-hybridized carbons (Fsp3) is 0.267. The number of benzene rings is 1. The molecule has 1 heterocycles. The number of hydrogen-bond donors (Lipinski definition) is 1. The van der Waals surface area contributed by atoms with Gasteiger partial charge in [0.15, 0.2) is 0 Å². The lowest BCUT2D eigenvalue weighted by atomic mass is 10.1. The van der Waals surface area contributed by atoms with E-state index in [-0.39, 0.29) is 6.04 Å². The zero-order valence-corrected chi connectivity index (χ0v) is 11.0. The Balaban J connectivity index is 2.37. The van der Waals surface area contributed by atoms with E-state index in [1.54, 1.807) is 6.20 Å². The Morgan fingerprint density at radius 2 is 2.00 bits per heavy atom. The molecule has 18 heavy (non-hydrogen) atoms. The van der Waals surface area contributed by atoms with Crippen LogP contribution < -0.4 is 10.5 Å². The first-order chi connectivity index (χ1) is 8.58. The molecule has 1 aromatic heterocycles. The predicted octanol–water partition coefficient (Wildman–Crippen LogP) is 3.51. The second-order valence-corrected chi connectivity index (χ2v) is 4.56. The second kappa shape index (κ2) is 5.19. The Hall–Kier alpha value is -1.87. The van der Waals surface area contributed by atoms with E-state index in [0.717, 1.165) is 22.4 Å². The van der Waals surface area contributed by atoms with Crippen LogP contribution in [0.4, 0.5) is 0 Å². The van der Waals surface area contributed by atoms with Crippen molar-refractivity contribution in [1.82, 2.24) is 4.98 Å². The van der Waals surface area contributed by atoms with Gasteiger partial charge >= 0.3 is 0 Å². The summed E-state index contributed by atoms with van der Waals surface area (Å²) in [6.45, 7) is 5.98. The normalized spacial score (nSPS) is 12.2. The first-order valence-electron chi connectivity index (χ1n) is 6.03. The summed E-state index contributed by atoms with van der Waals surface area (Å²) in [5.41, 5.74) is 9.08. The van der Waals surface area contributed by atoms with E-state index in [1.807, 2.05) is 45.0 Å². The highest BCUT2D eigenvalue weighted by atomic mass is 16.5. The Morgan fingerprint density at radius 3 is 2.72 bits per heavy atom. The van der Waals surface area contributed by atoms with Crippen LogP contribution in [0.25, 0.3) is 0 Å². The van der Waals surface area contributed by atoms with Crippen LogP contribution in [-0.4, -0.2) is 4.98 Å². The molecule has 0 aliphatic heterocycles. The molecule has 2 aromatic rings. The molecule has 1 aromatic carbocycles. The van der Waals surface area contributed by atoms with Gasteiger partial charge in [0.25, 0.3) is 0 Å². The standard InChI is InChI=1S/C15H18N2O/c1-10-6-7-11(2)14(9-10)18-15-13(12(3)16)5-4-8-17-15/h4-9,12H,16H2,1-3H3/t12-/m1/s1. The highest BCUT2D eigenvalue weighted by Gasteiger charge is 2.10. The maximum atomic E-state index is 5.92. The summed E-state index contributed by atoms with van der Waals surface area (Å²) in [4.78, 5) is 4.26. The van der Waals surface area contributed by atoms with Gasteiger partial charge in [-0.3, -0.25) is 0 Å². The van der Waals surface area contributed by atoms with Crippen LogP contribution in [0.3, 0.4) is 0 Å². The number of aryl methyl sites for hydroxylation is 2. The van der Waals surface area contributed by atoms with E-state index >= 15 is 0 Å². The average Bonchev–Trinajstić information content (AvgIpc) is 2.34. The van der Waals surface area contributed by atoms with Crippen molar-refractivity contribution in [2.75, 3.05) is 0 Å². The molecular formula is C15H18N2O. The van der Waals surface area contributed by atoms with Crippen LogP contribution >= 0.6 is 0 Å². The third kappa shape index (κ3) is 2.68. The number of nitrogens with zero attached hydrogens (tertiary/aromatic N) is 1. The SMILES string of the molecule is Cc1ccc(C)c(Oc2ncccc2[C@@H](C)N)c1. The van der Waals surface area contributed by atoms with Crippen LogP contribution in [0.1, 0.15) is 29.7 Å². The largest absolute Gasteiger partial charge is 0.438 e. The molecule has 3 nitrogen and oxygen atoms in total. The molecule has 0 saturated carbocycles. The maximum Gasteiger partial charge on any atom is 0.223 e. The highest BCUT2D eigenvalue weighted by Crippen LogP contribution is 2.29. The van der Waals surface area contributed by atoms with E-state index in [1.165, 1.54) is 0 Å². The Labute approximate surface area is 108 Å². The zero-order chi connectivity index (χ0) is 13.1. The van der Waals surface area contributed by atoms with Gasteiger partial charge in [0.2, 0.25) is 5.88 Å². The van der Waals surface area contributed by atoms with Crippen molar-refractivity contribution in [3.05, 3.63) is 53.2 Å². The lowest BCUT2D eigenvalue weighted by molar-refractivity contribution is 0.448. The summed E-state index contributed by atoms with van der Waals surface area (Å²) >= 11 is 0. The molecular weight excluding hydrogens is 224 g/mol. The molecule has 1 atom stereocenters. The quantitative estimate of drug-likeness (QED) is 0.896. The molecule has 3 heteroatoms. The van der Waals surface area contributed by atoms with Gasteiger partial charge in [0.1, 0.15) is 5.75 Å². The lowest BCUT2D eigenvalue weighted by Crippen LogP contribution is -2.07. The first kappa shape index (κ1) is 12.6.